The minimum absolute atomic E-state index is 0.266. The lowest BCUT2D eigenvalue weighted by molar-refractivity contribution is 0.0977. The van der Waals surface area contributed by atoms with E-state index in [1.807, 2.05) is 12.1 Å². The highest BCUT2D eigenvalue weighted by Crippen LogP contribution is 2.36. The minimum atomic E-state index is -3.48. The van der Waals surface area contributed by atoms with Crippen molar-refractivity contribution >= 4 is 43.2 Å². The first-order valence-electron chi connectivity index (χ1n) is 7.56. The number of rotatable bonds is 3. The summed E-state index contributed by atoms with van der Waals surface area (Å²) >= 11 is 3.39. The summed E-state index contributed by atoms with van der Waals surface area (Å²) in [4.78, 5) is 14.7. The molecule has 0 N–H and O–H groups in total. The molecule has 0 bridgehead atoms. The predicted octanol–water partition coefficient (Wildman–Crippen LogP) is 2.88. The third kappa shape index (κ3) is 3.50. The number of carbonyl (C=O) groups is 1. The molecule has 1 aliphatic rings. The Hall–Kier alpha value is -2.06. The predicted molar refractivity (Wildman–Crippen MR) is 101 cm³/mol. The van der Waals surface area contributed by atoms with Gasteiger partial charge in [0.1, 0.15) is 12.4 Å². The van der Waals surface area contributed by atoms with Crippen LogP contribution in [0.25, 0.3) is 0 Å². The van der Waals surface area contributed by atoms with Crippen LogP contribution in [0.5, 0.6) is 5.75 Å². The summed E-state index contributed by atoms with van der Waals surface area (Å²) in [6.45, 7) is 0.768. The molecule has 0 saturated carbocycles. The Morgan fingerprint density at radius 1 is 1.24 bits per heavy atom. The third-order valence-electron chi connectivity index (χ3n) is 4.00. The van der Waals surface area contributed by atoms with Crippen molar-refractivity contribution in [3.8, 4) is 5.75 Å². The Kier molecular flexibility index (Phi) is 4.75. The van der Waals surface area contributed by atoms with Crippen LogP contribution < -0.4 is 13.9 Å². The molecule has 132 valence electrons. The van der Waals surface area contributed by atoms with Crippen molar-refractivity contribution in [2.75, 3.05) is 35.7 Å². The van der Waals surface area contributed by atoms with Gasteiger partial charge in [-0.05, 0) is 30.3 Å². The number of para-hydroxylation sites is 1. The van der Waals surface area contributed by atoms with Crippen molar-refractivity contribution in [2.45, 2.75) is 0 Å². The van der Waals surface area contributed by atoms with Gasteiger partial charge in [-0.25, -0.2) is 8.42 Å². The van der Waals surface area contributed by atoms with Gasteiger partial charge < -0.3 is 9.64 Å². The molecule has 0 atom stereocenters. The van der Waals surface area contributed by atoms with E-state index in [2.05, 4.69) is 15.9 Å². The van der Waals surface area contributed by atoms with E-state index in [4.69, 9.17) is 4.74 Å². The third-order valence-corrected chi connectivity index (χ3v) is 5.69. The van der Waals surface area contributed by atoms with Gasteiger partial charge in [0.2, 0.25) is 10.0 Å². The fourth-order valence-corrected chi connectivity index (χ4v) is 3.51. The van der Waals surface area contributed by atoms with Crippen molar-refractivity contribution in [3.63, 3.8) is 0 Å². The second kappa shape index (κ2) is 6.68. The summed E-state index contributed by atoms with van der Waals surface area (Å²) in [6.07, 6.45) is 1.11. The van der Waals surface area contributed by atoms with Crippen LogP contribution in [0, 0.1) is 0 Å². The molecule has 3 rings (SSSR count). The molecular formula is C17H17BrN2O4S. The van der Waals surface area contributed by atoms with Crippen LogP contribution in [-0.2, 0) is 10.0 Å². The molecule has 0 aliphatic carbocycles. The molecule has 0 spiro atoms. The molecule has 0 fully saturated rings. The number of anilines is 2. The summed E-state index contributed by atoms with van der Waals surface area (Å²) in [5.41, 5.74) is 1.34. The molecule has 1 amide bonds. The number of fused-ring (bicyclic) bond motifs is 1. The number of sulfonamides is 1. The lowest BCUT2D eigenvalue weighted by Crippen LogP contribution is -2.39. The molecular weight excluding hydrogens is 408 g/mol. The molecule has 0 aromatic heterocycles. The number of ether oxygens (including phenoxy) is 1. The van der Waals surface area contributed by atoms with Crippen molar-refractivity contribution in [1.82, 2.24) is 0 Å². The van der Waals surface area contributed by atoms with E-state index in [0.29, 0.717) is 35.8 Å². The molecule has 2 aromatic rings. The fraction of sp³-hybridized carbons (Fsp3) is 0.235. The summed E-state index contributed by atoms with van der Waals surface area (Å²) in [5, 5.41) is 0. The van der Waals surface area contributed by atoms with Gasteiger partial charge in [-0.15, -0.1) is 0 Å². The van der Waals surface area contributed by atoms with E-state index in [1.165, 1.54) is 7.05 Å². The maximum Gasteiger partial charge on any atom is 0.260 e. The van der Waals surface area contributed by atoms with Crippen LogP contribution in [0.1, 0.15) is 10.4 Å². The number of hydrogen-bond acceptors (Lipinski definition) is 4. The average molecular weight is 425 g/mol. The van der Waals surface area contributed by atoms with Crippen molar-refractivity contribution in [1.29, 1.82) is 0 Å². The normalized spacial score (nSPS) is 13.8. The van der Waals surface area contributed by atoms with Crippen LogP contribution in [-0.4, -0.2) is 40.8 Å². The number of amides is 1. The van der Waals surface area contributed by atoms with Gasteiger partial charge in [-0.1, -0.05) is 28.1 Å². The van der Waals surface area contributed by atoms with Crippen molar-refractivity contribution < 1.29 is 17.9 Å². The van der Waals surface area contributed by atoms with E-state index >= 15 is 0 Å². The van der Waals surface area contributed by atoms with E-state index in [1.54, 1.807) is 35.2 Å². The maximum absolute atomic E-state index is 13.1. The van der Waals surface area contributed by atoms with E-state index < -0.39 is 10.0 Å². The minimum Gasteiger partial charge on any atom is -0.489 e. The summed E-state index contributed by atoms with van der Waals surface area (Å²) in [6, 6.07) is 12.1. The standard InChI is InChI=1S/C17H17BrN2O4S/c1-19(25(2,22)23)14-6-4-3-5-13(14)17(21)20-9-10-24-16-11-12(18)7-8-15(16)20/h3-8,11H,9-10H2,1-2H3. The molecule has 1 heterocycles. The highest BCUT2D eigenvalue weighted by Gasteiger charge is 2.28. The highest BCUT2D eigenvalue weighted by atomic mass is 79.9. The van der Waals surface area contributed by atoms with Gasteiger partial charge in [-0.2, -0.15) is 0 Å². The van der Waals surface area contributed by atoms with E-state index in [0.717, 1.165) is 15.0 Å². The zero-order chi connectivity index (χ0) is 18.2. The van der Waals surface area contributed by atoms with E-state index in [-0.39, 0.29) is 5.91 Å². The molecule has 25 heavy (non-hydrogen) atoms. The first-order chi connectivity index (χ1) is 11.8. The monoisotopic (exact) mass is 424 g/mol. The summed E-state index contributed by atoms with van der Waals surface area (Å²) in [5.74, 6) is 0.348. The lowest BCUT2D eigenvalue weighted by Gasteiger charge is -2.31. The molecule has 6 nitrogen and oxygen atoms in total. The van der Waals surface area contributed by atoms with Gasteiger partial charge >= 0.3 is 0 Å². The van der Waals surface area contributed by atoms with Crippen LogP contribution in [0.2, 0.25) is 0 Å². The second-order valence-electron chi connectivity index (χ2n) is 5.66. The Morgan fingerprint density at radius 2 is 1.96 bits per heavy atom. The molecule has 1 aliphatic heterocycles. The first kappa shape index (κ1) is 17.8. The number of carbonyl (C=O) groups excluding carboxylic acids is 1. The lowest BCUT2D eigenvalue weighted by atomic mass is 10.1. The molecule has 0 saturated heterocycles. The smallest absolute Gasteiger partial charge is 0.260 e. The molecule has 8 heteroatoms. The van der Waals surface area contributed by atoms with Gasteiger partial charge in [0, 0.05) is 11.5 Å². The summed E-state index contributed by atoms with van der Waals surface area (Å²) in [7, 11) is -2.04. The van der Waals surface area contributed by atoms with Crippen molar-refractivity contribution in [2.24, 2.45) is 0 Å². The van der Waals surface area contributed by atoms with Crippen LogP contribution in [0.4, 0.5) is 11.4 Å². The van der Waals surface area contributed by atoms with Crippen LogP contribution in [0.3, 0.4) is 0 Å². The van der Waals surface area contributed by atoms with Gasteiger partial charge in [0.15, 0.2) is 0 Å². The topological polar surface area (TPSA) is 66.9 Å². The molecule has 2 aromatic carbocycles. The zero-order valence-electron chi connectivity index (χ0n) is 13.8. The average Bonchev–Trinajstić information content (AvgIpc) is 2.59. The maximum atomic E-state index is 13.1. The first-order valence-corrected chi connectivity index (χ1v) is 10.2. The van der Waals surface area contributed by atoms with Crippen LogP contribution in [0.15, 0.2) is 46.9 Å². The zero-order valence-corrected chi connectivity index (χ0v) is 16.2. The SMILES string of the molecule is CN(c1ccccc1C(=O)N1CCOc2cc(Br)ccc21)S(C)(=O)=O. The Bertz CT molecular complexity index is 930. The van der Waals surface area contributed by atoms with Crippen LogP contribution >= 0.6 is 15.9 Å². The highest BCUT2D eigenvalue weighted by molar-refractivity contribution is 9.10. The summed E-state index contributed by atoms with van der Waals surface area (Å²) < 4.78 is 31.4. The fourth-order valence-electron chi connectivity index (χ4n) is 2.66. The van der Waals surface area contributed by atoms with Gasteiger partial charge in [-0.3, -0.25) is 9.10 Å². The van der Waals surface area contributed by atoms with E-state index in [9.17, 15) is 13.2 Å². The molecule has 0 radical (unpaired) electrons. The quantitative estimate of drug-likeness (QED) is 0.759. The number of benzene rings is 2. The number of nitrogens with zero attached hydrogens (tertiary/aromatic N) is 2. The Balaban J connectivity index is 2.04. The van der Waals surface area contributed by atoms with Crippen molar-refractivity contribution in [3.05, 3.63) is 52.5 Å². The second-order valence-corrected chi connectivity index (χ2v) is 8.59. The molecule has 0 unspecified atom stereocenters. The Morgan fingerprint density at radius 3 is 2.68 bits per heavy atom. The van der Waals surface area contributed by atoms with Gasteiger partial charge in [0.05, 0.1) is 29.7 Å². The van der Waals surface area contributed by atoms with Gasteiger partial charge in [0.25, 0.3) is 5.91 Å². The number of hydrogen-bond donors (Lipinski definition) is 0. The largest absolute Gasteiger partial charge is 0.489 e. The Labute approximate surface area is 155 Å². The number of halogens is 1.